The number of hydrogen-bond donors (Lipinski definition) is 2. The summed E-state index contributed by atoms with van der Waals surface area (Å²) < 4.78 is 6.54. The Morgan fingerprint density at radius 2 is 1.78 bits per heavy atom. The summed E-state index contributed by atoms with van der Waals surface area (Å²) in [6.45, 7) is 6.05. The van der Waals surface area contributed by atoms with Gasteiger partial charge in [0, 0.05) is 17.8 Å². The van der Waals surface area contributed by atoms with Crippen LogP contribution in [0.1, 0.15) is 62.1 Å². The van der Waals surface area contributed by atoms with E-state index in [0.29, 0.717) is 12.1 Å². The van der Waals surface area contributed by atoms with Gasteiger partial charge in [-0.25, -0.2) is 0 Å². The van der Waals surface area contributed by atoms with E-state index < -0.39 is 29.6 Å². The van der Waals surface area contributed by atoms with Crippen molar-refractivity contribution < 1.29 is 19.1 Å². The molecule has 0 aromatic heterocycles. The van der Waals surface area contributed by atoms with E-state index in [4.69, 9.17) is 4.74 Å². The molecule has 4 aliphatic rings. The lowest BCUT2D eigenvalue weighted by Gasteiger charge is -2.36. The van der Waals surface area contributed by atoms with Gasteiger partial charge < -0.3 is 20.3 Å². The summed E-state index contributed by atoms with van der Waals surface area (Å²) >= 11 is 0. The van der Waals surface area contributed by atoms with E-state index in [2.05, 4.69) is 22.8 Å². The molecule has 3 amide bonds. The van der Waals surface area contributed by atoms with Crippen molar-refractivity contribution in [1.82, 2.24) is 10.2 Å². The highest BCUT2D eigenvalue weighted by atomic mass is 16.5. The molecule has 0 radical (unpaired) electrons. The highest BCUT2D eigenvalue weighted by molar-refractivity contribution is 6.03. The molecule has 3 heterocycles. The van der Waals surface area contributed by atoms with Crippen LogP contribution in [0.15, 0.2) is 60.7 Å². The molecule has 2 N–H and O–H groups in total. The van der Waals surface area contributed by atoms with E-state index in [1.54, 1.807) is 4.90 Å². The fraction of sp³-hybridized carbons (Fsp3) is 0.500. The second-order valence-electron chi connectivity index (χ2n) is 12.5. The van der Waals surface area contributed by atoms with Gasteiger partial charge in [0.25, 0.3) is 0 Å². The molecule has 1 spiro atoms. The Labute approximate surface area is 242 Å². The van der Waals surface area contributed by atoms with E-state index in [1.165, 1.54) is 12.0 Å². The number of amides is 3. The molecule has 2 bridgehead atoms. The highest BCUT2D eigenvalue weighted by Gasteiger charge is 2.73. The topological polar surface area (TPSA) is 87.7 Å². The van der Waals surface area contributed by atoms with Crippen molar-refractivity contribution in [2.75, 3.05) is 5.32 Å². The van der Waals surface area contributed by atoms with Crippen molar-refractivity contribution in [3.05, 3.63) is 77.4 Å². The summed E-state index contributed by atoms with van der Waals surface area (Å²) in [5.74, 6) is -2.02. The minimum atomic E-state index is -1.15. The maximum Gasteiger partial charge on any atom is 0.246 e. The van der Waals surface area contributed by atoms with Gasteiger partial charge in [0.15, 0.2) is 0 Å². The predicted molar refractivity (Wildman–Crippen MR) is 158 cm³/mol. The fourth-order valence-electron chi connectivity index (χ4n) is 7.41. The number of fused-ring (bicyclic) bond motifs is 1. The van der Waals surface area contributed by atoms with Gasteiger partial charge in [0.2, 0.25) is 17.7 Å². The third-order valence-corrected chi connectivity index (χ3v) is 9.76. The Morgan fingerprint density at radius 1 is 1.02 bits per heavy atom. The molecule has 2 aromatic rings. The Bertz CT molecular complexity index is 1350. The number of ether oxygens (including phenoxy) is 1. The molecule has 7 heteroatoms. The number of carbonyl (C=O) groups excluding carboxylic acids is 3. The summed E-state index contributed by atoms with van der Waals surface area (Å²) in [5, 5.41) is 6.32. The number of aryl methyl sites for hydroxylation is 3. The van der Waals surface area contributed by atoms with Crippen molar-refractivity contribution in [2.45, 2.75) is 95.5 Å². The minimum absolute atomic E-state index is 0.106. The maximum absolute atomic E-state index is 14.3. The second kappa shape index (κ2) is 11.1. The Morgan fingerprint density at radius 3 is 2.51 bits per heavy atom. The Balaban J connectivity index is 1.29. The number of anilines is 1. The van der Waals surface area contributed by atoms with Crippen LogP contribution in [-0.4, -0.2) is 52.5 Å². The van der Waals surface area contributed by atoms with Crippen molar-refractivity contribution in [2.24, 2.45) is 11.8 Å². The van der Waals surface area contributed by atoms with Crippen LogP contribution in [0.5, 0.6) is 0 Å². The zero-order valence-electron chi connectivity index (χ0n) is 24.3. The summed E-state index contributed by atoms with van der Waals surface area (Å²) in [6, 6.07) is 15.1. The van der Waals surface area contributed by atoms with Gasteiger partial charge in [-0.3, -0.25) is 14.4 Å². The molecule has 6 rings (SSSR count). The molecule has 2 aromatic carbocycles. The first kappa shape index (κ1) is 27.7. The SMILES string of the molecule is Cc1ccc(NC(=O)[C@@H]2[C@@H]3C=C[C@]4(O3)[C@@H]2C(=O)N([C@@H](C)CCc2ccccc2)[C@@H]4C(=O)NC2CCCCC2)cc1C. The van der Waals surface area contributed by atoms with Gasteiger partial charge in [-0.15, -0.1) is 0 Å². The van der Waals surface area contributed by atoms with Gasteiger partial charge >= 0.3 is 0 Å². The predicted octanol–water partition coefficient (Wildman–Crippen LogP) is 4.86. The monoisotopic (exact) mass is 555 g/mol. The average molecular weight is 556 g/mol. The van der Waals surface area contributed by atoms with Crippen LogP contribution in [-0.2, 0) is 25.5 Å². The first-order valence-corrected chi connectivity index (χ1v) is 15.2. The number of nitrogens with zero attached hydrogens (tertiary/aromatic N) is 1. The average Bonchev–Trinajstić information content (AvgIpc) is 3.62. The molecule has 0 unspecified atom stereocenters. The first-order valence-electron chi connectivity index (χ1n) is 15.2. The molecular formula is C34H41N3O4. The molecule has 3 aliphatic heterocycles. The first-order chi connectivity index (χ1) is 19.8. The molecular weight excluding hydrogens is 514 g/mol. The van der Waals surface area contributed by atoms with Gasteiger partial charge in [0.1, 0.15) is 11.6 Å². The third-order valence-electron chi connectivity index (χ3n) is 9.76. The van der Waals surface area contributed by atoms with E-state index in [-0.39, 0.29) is 29.8 Å². The summed E-state index contributed by atoms with van der Waals surface area (Å²) in [7, 11) is 0. The van der Waals surface area contributed by atoms with Gasteiger partial charge in [-0.05, 0) is 75.3 Å². The molecule has 7 nitrogen and oxygen atoms in total. The van der Waals surface area contributed by atoms with Crippen LogP contribution < -0.4 is 10.6 Å². The number of benzene rings is 2. The third kappa shape index (κ3) is 4.99. The van der Waals surface area contributed by atoms with Gasteiger partial charge in [-0.1, -0.05) is 67.8 Å². The molecule has 6 atom stereocenters. The quantitative estimate of drug-likeness (QED) is 0.456. The zero-order valence-corrected chi connectivity index (χ0v) is 24.3. The van der Waals surface area contributed by atoms with Crippen molar-refractivity contribution in [3.63, 3.8) is 0 Å². The van der Waals surface area contributed by atoms with Gasteiger partial charge in [-0.2, -0.15) is 0 Å². The van der Waals surface area contributed by atoms with Crippen LogP contribution in [0.4, 0.5) is 5.69 Å². The lowest BCUT2D eigenvalue weighted by molar-refractivity contribution is -0.143. The van der Waals surface area contributed by atoms with E-state index in [0.717, 1.165) is 43.2 Å². The fourth-order valence-corrected chi connectivity index (χ4v) is 7.41. The van der Waals surface area contributed by atoms with E-state index in [9.17, 15) is 14.4 Å². The van der Waals surface area contributed by atoms with Crippen molar-refractivity contribution in [3.8, 4) is 0 Å². The molecule has 1 aliphatic carbocycles. The van der Waals surface area contributed by atoms with Crippen LogP contribution in [0, 0.1) is 25.7 Å². The number of nitrogens with one attached hydrogen (secondary N) is 2. The molecule has 41 heavy (non-hydrogen) atoms. The zero-order chi connectivity index (χ0) is 28.7. The lowest BCUT2D eigenvalue weighted by Crippen LogP contribution is -2.58. The molecule has 1 saturated carbocycles. The standard InChI is InChI=1S/C34H41N3O4/c1-21-14-17-26(20-22(21)2)36-31(38)28-27-18-19-34(41-27)29(28)33(40)37(23(3)15-16-24-10-6-4-7-11-24)30(34)32(39)35-25-12-8-5-9-13-25/h4,6-7,10-11,14,17-20,23,25,27-30H,5,8-9,12-13,15-16H2,1-3H3,(H,35,39)(H,36,38)/t23-,27-,28+,29-,30+,34-/m0/s1. The Hall–Kier alpha value is -3.45. The van der Waals surface area contributed by atoms with Crippen molar-refractivity contribution in [1.29, 1.82) is 0 Å². The van der Waals surface area contributed by atoms with E-state index in [1.807, 2.05) is 69.3 Å². The second-order valence-corrected chi connectivity index (χ2v) is 12.5. The Kier molecular flexibility index (Phi) is 7.49. The smallest absolute Gasteiger partial charge is 0.246 e. The number of rotatable bonds is 8. The van der Waals surface area contributed by atoms with Crippen LogP contribution >= 0.6 is 0 Å². The number of likely N-dealkylation sites (tertiary alicyclic amines) is 1. The maximum atomic E-state index is 14.3. The van der Waals surface area contributed by atoms with Crippen LogP contribution in [0.25, 0.3) is 0 Å². The number of carbonyl (C=O) groups is 3. The molecule has 216 valence electrons. The minimum Gasteiger partial charge on any atom is -0.359 e. The summed E-state index contributed by atoms with van der Waals surface area (Å²) in [4.78, 5) is 44.0. The normalized spacial score (nSPS) is 29.4. The molecule has 3 fully saturated rings. The van der Waals surface area contributed by atoms with Crippen LogP contribution in [0.2, 0.25) is 0 Å². The van der Waals surface area contributed by atoms with Gasteiger partial charge in [0.05, 0.1) is 17.9 Å². The lowest BCUT2D eigenvalue weighted by atomic mass is 9.74. The van der Waals surface area contributed by atoms with Crippen LogP contribution in [0.3, 0.4) is 0 Å². The highest BCUT2D eigenvalue weighted by Crippen LogP contribution is 2.56. The van der Waals surface area contributed by atoms with Crippen molar-refractivity contribution >= 4 is 23.4 Å². The number of hydrogen-bond acceptors (Lipinski definition) is 4. The summed E-state index contributed by atoms with van der Waals surface area (Å²) in [5.41, 5.74) is 2.97. The molecule has 2 saturated heterocycles. The summed E-state index contributed by atoms with van der Waals surface area (Å²) in [6.07, 6.45) is 10.0. The van der Waals surface area contributed by atoms with E-state index >= 15 is 0 Å². The largest absolute Gasteiger partial charge is 0.359 e.